The van der Waals surface area contributed by atoms with Crippen molar-refractivity contribution in [2.45, 2.75) is 51.1 Å². The van der Waals surface area contributed by atoms with Crippen LogP contribution in [0.3, 0.4) is 0 Å². The zero-order chi connectivity index (χ0) is 18.4. The van der Waals surface area contributed by atoms with Crippen molar-refractivity contribution in [1.29, 1.82) is 0 Å². The molecule has 0 saturated heterocycles. The summed E-state index contributed by atoms with van der Waals surface area (Å²) in [5, 5.41) is 5.49. The lowest BCUT2D eigenvalue weighted by molar-refractivity contribution is -0.137. The van der Waals surface area contributed by atoms with Crippen molar-refractivity contribution >= 4 is 11.7 Å². The topological polar surface area (TPSA) is 41.1 Å². The van der Waals surface area contributed by atoms with Crippen LogP contribution in [0.2, 0.25) is 0 Å². The number of anilines is 1. The molecule has 0 aromatic heterocycles. The lowest BCUT2D eigenvalue weighted by Gasteiger charge is -2.57. The lowest BCUT2D eigenvalue weighted by Crippen LogP contribution is -2.47. The zero-order valence-electron chi connectivity index (χ0n) is 14.7. The first-order chi connectivity index (χ1) is 12.3. The van der Waals surface area contributed by atoms with E-state index in [-0.39, 0.29) is 6.03 Å². The van der Waals surface area contributed by atoms with Crippen LogP contribution in [0.1, 0.15) is 50.5 Å². The van der Waals surface area contributed by atoms with E-state index in [1.807, 2.05) is 0 Å². The van der Waals surface area contributed by atoms with Crippen LogP contribution >= 0.6 is 0 Å². The van der Waals surface area contributed by atoms with Crippen LogP contribution in [0.4, 0.5) is 23.7 Å². The smallest absolute Gasteiger partial charge is 0.338 e. The normalized spacial score (nSPS) is 32.5. The number of hydrogen-bond acceptors (Lipinski definition) is 1. The maximum Gasteiger partial charge on any atom is 0.416 e. The fourth-order valence-electron chi connectivity index (χ4n) is 5.96. The first-order valence-electron chi connectivity index (χ1n) is 9.53. The third-order valence-corrected chi connectivity index (χ3v) is 6.58. The van der Waals surface area contributed by atoms with Gasteiger partial charge in [0, 0.05) is 12.2 Å². The molecule has 1 aromatic carbocycles. The van der Waals surface area contributed by atoms with Crippen molar-refractivity contribution in [2.24, 2.45) is 23.2 Å². The van der Waals surface area contributed by atoms with Crippen molar-refractivity contribution < 1.29 is 18.0 Å². The molecule has 3 nitrogen and oxygen atoms in total. The predicted octanol–water partition coefficient (Wildman–Crippen LogP) is 5.43. The van der Waals surface area contributed by atoms with Gasteiger partial charge < -0.3 is 10.6 Å². The first-order valence-corrected chi connectivity index (χ1v) is 9.53. The van der Waals surface area contributed by atoms with Crippen molar-refractivity contribution in [3.05, 3.63) is 29.8 Å². The molecule has 1 aromatic rings. The molecule has 142 valence electrons. The van der Waals surface area contributed by atoms with Gasteiger partial charge in [-0.15, -0.1) is 0 Å². The molecule has 2 N–H and O–H groups in total. The second-order valence-corrected chi connectivity index (χ2v) is 8.62. The van der Waals surface area contributed by atoms with Crippen molar-refractivity contribution in [2.75, 3.05) is 11.9 Å². The number of carbonyl (C=O) groups is 1. The highest BCUT2D eigenvalue weighted by atomic mass is 19.4. The van der Waals surface area contributed by atoms with Crippen molar-refractivity contribution in [3.63, 3.8) is 0 Å². The van der Waals surface area contributed by atoms with Gasteiger partial charge in [-0.25, -0.2) is 4.79 Å². The van der Waals surface area contributed by atoms with E-state index in [0.717, 1.165) is 36.3 Å². The molecule has 26 heavy (non-hydrogen) atoms. The Labute approximate surface area is 151 Å². The number of benzene rings is 1. The highest BCUT2D eigenvalue weighted by molar-refractivity contribution is 5.89. The Morgan fingerprint density at radius 2 is 1.54 bits per heavy atom. The Kier molecular flexibility index (Phi) is 4.40. The van der Waals surface area contributed by atoms with Crippen molar-refractivity contribution in [3.8, 4) is 0 Å². The Balaban J connectivity index is 1.26. The Hall–Kier alpha value is -1.72. The zero-order valence-corrected chi connectivity index (χ0v) is 14.7. The van der Waals surface area contributed by atoms with Crippen LogP contribution < -0.4 is 10.6 Å². The fourth-order valence-corrected chi connectivity index (χ4v) is 5.96. The summed E-state index contributed by atoms with van der Waals surface area (Å²) in [6.45, 7) is 0.624. The molecule has 4 fully saturated rings. The number of alkyl halides is 3. The number of hydrogen-bond donors (Lipinski definition) is 2. The Morgan fingerprint density at radius 3 is 2.04 bits per heavy atom. The molecule has 0 radical (unpaired) electrons. The van der Waals surface area contributed by atoms with E-state index in [2.05, 4.69) is 10.6 Å². The van der Waals surface area contributed by atoms with E-state index >= 15 is 0 Å². The quantitative estimate of drug-likeness (QED) is 0.733. The maximum atomic E-state index is 12.6. The summed E-state index contributed by atoms with van der Waals surface area (Å²) in [6, 6.07) is 4.16. The van der Waals surface area contributed by atoms with E-state index in [1.54, 1.807) is 0 Å². The van der Waals surface area contributed by atoms with Crippen LogP contribution in [-0.2, 0) is 6.18 Å². The number of halogens is 3. The third kappa shape index (κ3) is 3.69. The molecule has 4 aliphatic carbocycles. The average Bonchev–Trinajstić information content (AvgIpc) is 2.53. The molecular formula is C20H25F3N2O. The number of nitrogens with one attached hydrogen (secondary N) is 2. The maximum absolute atomic E-state index is 12.6. The second-order valence-electron chi connectivity index (χ2n) is 8.62. The Bertz CT molecular complexity index is 633. The molecule has 2 amide bonds. The first kappa shape index (κ1) is 17.7. The molecule has 4 saturated carbocycles. The van der Waals surface area contributed by atoms with Gasteiger partial charge in [-0.1, -0.05) is 0 Å². The molecule has 6 heteroatoms. The summed E-state index contributed by atoms with van der Waals surface area (Å²) in [7, 11) is 0. The van der Waals surface area contributed by atoms with E-state index in [9.17, 15) is 18.0 Å². The number of amides is 2. The van der Waals surface area contributed by atoms with E-state index in [4.69, 9.17) is 0 Å². The van der Waals surface area contributed by atoms with Crippen LogP contribution in [0, 0.1) is 23.2 Å². The highest BCUT2D eigenvalue weighted by Gasteiger charge is 2.50. The largest absolute Gasteiger partial charge is 0.416 e. The van der Waals surface area contributed by atoms with Gasteiger partial charge in [0.1, 0.15) is 0 Å². The van der Waals surface area contributed by atoms with Gasteiger partial charge in [0.15, 0.2) is 0 Å². The molecule has 5 rings (SSSR count). The summed E-state index contributed by atoms with van der Waals surface area (Å²) in [5.74, 6) is 2.67. The van der Waals surface area contributed by atoms with Gasteiger partial charge in [0.05, 0.1) is 5.56 Å². The molecule has 4 bridgehead atoms. The summed E-state index contributed by atoms with van der Waals surface area (Å²) in [6.07, 6.45) is 4.78. The van der Waals surface area contributed by atoms with Crippen LogP contribution in [-0.4, -0.2) is 12.6 Å². The Morgan fingerprint density at radius 1 is 1.00 bits per heavy atom. The SMILES string of the molecule is O=C(NCCC12CC3CC(CC(C3)C1)C2)Nc1ccc(C(F)(F)F)cc1. The van der Waals surface area contributed by atoms with E-state index in [1.165, 1.54) is 50.7 Å². The number of urea groups is 1. The summed E-state index contributed by atoms with van der Waals surface area (Å²) < 4.78 is 37.7. The molecule has 0 aliphatic heterocycles. The van der Waals surface area contributed by atoms with Crippen molar-refractivity contribution in [1.82, 2.24) is 5.32 Å². The molecule has 4 aliphatic rings. The second kappa shape index (κ2) is 6.46. The highest BCUT2D eigenvalue weighted by Crippen LogP contribution is 2.61. The number of rotatable bonds is 4. The molecular weight excluding hydrogens is 341 g/mol. The lowest BCUT2D eigenvalue weighted by atomic mass is 9.49. The van der Waals surface area contributed by atoms with E-state index in [0.29, 0.717) is 17.6 Å². The van der Waals surface area contributed by atoms with Crippen LogP contribution in [0.25, 0.3) is 0 Å². The van der Waals surface area contributed by atoms with E-state index < -0.39 is 11.7 Å². The summed E-state index contributed by atoms with van der Waals surface area (Å²) >= 11 is 0. The number of carbonyl (C=O) groups excluding carboxylic acids is 1. The van der Waals surface area contributed by atoms with Gasteiger partial charge in [-0.05, 0) is 92.4 Å². The predicted molar refractivity (Wildman–Crippen MR) is 93.7 cm³/mol. The van der Waals surface area contributed by atoms with Crippen LogP contribution in [0.15, 0.2) is 24.3 Å². The van der Waals surface area contributed by atoms with Gasteiger partial charge in [0.25, 0.3) is 0 Å². The van der Waals surface area contributed by atoms with Gasteiger partial charge in [0.2, 0.25) is 0 Å². The molecule has 0 heterocycles. The minimum Gasteiger partial charge on any atom is -0.338 e. The fraction of sp³-hybridized carbons (Fsp3) is 0.650. The third-order valence-electron chi connectivity index (χ3n) is 6.58. The monoisotopic (exact) mass is 366 g/mol. The summed E-state index contributed by atoms with van der Waals surface area (Å²) in [4.78, 5) is 12.0. The standard InChI is InChI=1S/C20H25F3N2O/c21-20(22,23)16-1-3-17(4-2-16)25-18(26)24-6-5-19-10-13-7-14(11-19)9-15(8-13)12-19/h1-4,13-15H,5-12H2,(H2,24,25,26). The van der Waals surface area contributed by atoms with Crippen LogP contribution in [0.5, 0.6) is 0 Å². The van der Waals surface area contributed by atoms with Gasteiger partial charge in [-0.3, -0.25) is 0 Å². The van der Waals surface area contributed by atoms with Gasteiger partial charge >= 0.3 is 12.2 Å². The minimum atomic E-state index is -4.36. The molecule has 0 spiro atoms. The average molecular weight is 366 g/mol. The minimum absolute atomic E-state index is 0.352. The molecule has 0 atom stereocenters. The van der Waals surface area contributed by atoms with Gasteiger partial charge in [-0.2, -0.15) is 13.2 Å². The molecule has 0 unspecified atom stereocenters. The summed E-state index contributed by atoms with van der Waals surface area (Å²) in [5.41, 5.74) is 0.0618.